The second-order valence-electron chi connectivity index (χ2n) is 4.05. The van der Waals surface area contributed by atoms with Crippen LogP contribution in [0.1, 0.15) is 29.3 Å². The molecule has 17 heavy (non-hydrogen) atoms. The Morgan fingerprint density at radius 1 is 1.29 bits per heavy atom. The van der Waals surface area contributed by atoms with Crippen molar-refractivity contribution in [1.82, 2.24) is 0 Å². The van der Waals surface area contributed by atoms with Crippen LogP contribution < -0.4 is 5.32 Å². The molecule has 1 atom stereocenters. The van der Waals surface area contributed by atoms with E-state index < -0.39 is 11.8 Å². The van der Waals surface area contributed by atoms with Crippen LogP contribution in [0.4, 0.5) is 14.5 Å². The van der Waals surface area contributed by atoms with Crippen molar-refractivity contribution >= 4 is 23.2 Å². The summed E-state index contributed by atoms with van der Waals surface area (Å²) in [6, 6.07) is 4.84. The number of carbonyl (C=O) groups is 1. The molecule has 1 unspecified atom stereocenters. The second kappa shape index (κ2) is 5.00. The normalized spacial score (nSPS) is 17.3. The standard InChI is InChI=1S/C12H12ClF2NO/c13-11(12(14)15)8-4-5-9-7(6-8)2-1-3-10(17)16-9/h4-6,11-12H,1-3H2,(H,16,17). The molecule has 1 N–H and O–H groups in total. The SMILES string of the molecule is O=C1CCCc2cc(C(Cl)C(F)F)ccc2N1. The van der Waals surface area contributed by atoms with Gasteiger partial charge in [0.25, 0.3) is 6.43 Å². The van der Waals surface area contributed by atoms with E-state index in [0.29, 0.717) is 24.1 Å². The maximum atomic E-state index is 12.5. The Balaban J connectivity index is 2.30. The number of anilines is 1. The van der Waals surface area contributed by atoms with Gasteiger partial charge in [0.05, 0.1) is 0 Å². The Kier molecular flexibility index (Phi) is 3.62. The summed E-state index contributed by atoms with van der Waals surface area (Å²) in [6.45, 7) is 0. The predicted octanol–water partition coefficient (Wildman–Crippen LogP) is 3.51. The van der Waals surface area contributed by atoms with E-state index >= 15 is 0 Å². The van der Waals surface area contributed by atoms with Gasteiger partial charge in [-0.3, -0.25) is 4.79 Å². The zero-order valence-corrected chi connectivity index (χ0v) is 9.81. The molecular weight excluding hydrogens is 248 g/mol. The maximum absolute atomic E-state index is 12.5. The van der Waals surface area contributed by atoms with Gasteiger partial charge >= 0.3 is 0 Å². The van der Waals surface area contributed by atoms with Crippen molar-refractivity contribution < 1.29 is 13.6 Å². The minimum atomic E-state index is -2.59. The van der Waals surface area contributed by atoms with Gasteiger partial charge in [0.1, 0.15) is 5.38 Å². The highest BCUT2D eigenvalue weighted by Gasteiger charge is 2.21. The second-order valence-corrected chi connectivity index (χ2v) is 4.52. The highest BCUT2D eigenvalue weighted by Crippen LogP contribution is 2.31. The Bertz CT molecular complexity index is 437. The monoisotopic (exact) mass is 259 g/mol. The third-order valence-corrected chi connectivity index (χ3v) is 3.24. The number of rotatable bonds is 2. The number of benzene rings is 1. The predicted molar refractivity (Wildman–Crippen MR) is 62.6 cm³/mol. The van der Waals surface area contributed by atoms with Crippen LogP contribution in [0.2, 0.25) is 0 Å². The molecule has 5 heteroatoms. The van der Waals surface area contributed by atoms with Crippen LogP contribution in [0.15, 0.2) is 18.2 Å². The maximum Gasteiger partial charge on any atom is 0.258 e. The van der Waals surface area contributed by atoms with Gasteiger partial charge in [-0.15, -0.1) is 11.6 Å². The van der Waals surface area contributed by atoms with Crippen molar-refractivity contribution in [3.8, 4) is 0 Å². The molecule has 0 aliphatic carbocycles. The topological polar surface area (TPSA) is 29.1 Å². The first kappa shape index (κ1) is 12.3. The molecule has 1 aromatic carbocycles. The van der Waals surface area contributed by atoms with E-state index in [1.54, 1.807) is 12.1 Å². The van der Waals surface area contributed by atoms with Crippen LogP contribution in [0, 0.1) is 0 Å². The van der Waals surface area contributed by atoms with E-state index in [-0.39, 0.29) is 5.91 Å². The van der Waals surface area contributed by atoms with Gasteiger partial charge < -0.3 is 5.32 Å². The van der Waals surface area contributed by atoms with Gasteiger partial charge in [-0.05, 0) is 30.0 Å². The lowest BCUT2D eigenvalue weighted by Gasteiger charge is -2.12. The van der Waals surface area contributed by atoms with Crippen molar-refractivity contribution in [2.45, 2.75) is 31.1 Å². The Labute approximate surface area is 103 Å². The zero-order chi connectivity index (χ0) is 12.4. The fourth-order valence-corrected chi connectivity index (χ4v) is 2.05. The minimum Gasteiger partial charge on any atom is -0.326 e. The summed E-state index contributed by atoms with van der Waals surface area (Å²) < 4.78 is 25.0. The molecule has 0 spiro atoms. The molecule has 0 radical (unpaired) electrons. The third kappa shape index (κ3) is 2.75. The van der Waals surface area contributed by atoms with Crippen LogP contribution >= 0.6 is 11.6 Å². The molecule has 0 aromatic heterocycles. The lowest BCUT2D eigenvalue weighted by Crippen LogP contribution is -2.09. The van der Waals surface area contributed by atoms with Crippen molar-refractivity contribution in [3.63, 3.8) is 0 Å². The van der Waals surface area contributed by atoms with Crippen molar-refractivity contribution in [3.05, 3.63) is 29.3 Å². The summed E-state index contributed by atoms with van der Waals surface area (Å²) in [5, 5.41) is 1.46. The summed E-state index contributed by atoms with van der Waals surface area (Å²) >= 11 is 5.62. The molecular formula is C12H12ClF2NO. The number of hydrogen-bond donors (Lipinski definition) is 1. The molecule has 1 heterocycles. The van der Waals surface area contributed by atoms with E-state index in [4.69, 9.17) is 11.6 Å². The van der Waals surface area contributed by atoms with Gasteiger partial charge in [-0.25, -0.2) is 8.78 Å². The number of hydrogen-bond acceptors (Lipinski definition) is 1. The zero-order valence-electron chi connectivity index (χ0n) is 9.05. The van der Waals surface area contributed by atoms with Crippen LogP contribution in [0.3, 0.4) is 0 Å². The molecule has 1 aliphatic heterocycles. The van der Waals surface area contributed by atoms with E-state index in [0.717, 1.165) is 12.0 Å². The quantitative estimate of drug-likeness (QED) is 0.809. The summed E-state index contributed by atoms with van der Waals surface area (Å²) in [5.74, 6) is -0.0345. The van der Waals surface area contributed by atoms with Crippen LogP contribution in [-0.2, 0) is 11.2 Å². The largest absolute Gasteiger partial charge is 0.326 e. The highest BCUT2D eigenvalue weighted by molar-refractivity contribution is 6.21. The lowest BCUT2D eigenvalue weighted by molar-refractivity contribution is -0.116. The molecule has 1 amide bonds. The first-order valence-corrected chi connectivity index (χ1v) is 5.86. The van der Waals surface area contributed by atoms with E-state index in [2.05, 4.69) is 5.32 Å². The Morgan fingerprint density at radius 3 is 2.76 bits per heavy atom. The summed E-state index contributed by atoms with van der Waals surface area (Å²) in [4.78, 5) is 11.3. The third-order valence-electron chi connectivity index (χ3n) is 2.79. The van der Waals surface area contributed by atoms with Crippen molar-refractivity contribution in [2.24, 2.45) is 0 Å². The number of amides is 1. The van der Waals surface area contributed by atoms with E-state index in [1.165, 1.54) is 6.07 Å². The van der Waals surface area contributed by atoms with Crippen LogP contribution in [-0.4, -0.2) is 12.3 Å². The molecule has 1 aromatic rings. The summed E-state index contributed by atoms with van der Waals surface area (Å²) in [7, 11) is 0. The average molecular weight is 260 g/mol. The van der Waals surface area contributed by atoms with Crippen molar-refractivity contribution in [1.29, 1.82) is 0 Å². The fraction of sp³-hybridized carbons (Fsp3) is 0.417. The molecule has 0 fully saturated rings. The number of halogens is 3. The average Bonchev–Trinajstić information content (AvgIpc) is 2.47. The van der Waals surface area contributed by atoms with Crippen molar-refractivity contribution in [2.75, 3.05) is 5.32 Å². The molecule has 1 aliphatic rings. The summed E-state index contributed by atoms with van der Waals surface area (Å²) in [6.07, 6.45) is -0.697. The molecule has 2 rings (SSSR count). The number of fused-ring (bicyclic) bond motifs is 1. The Hall–Kier alpha value is -1.16. The summed E-state index contributed by atoms with van der Waals surface area (Å²) in [5.41, 5.74) is 1.98. The van der Waals surface area contributed by atoms with Gasteiger partial charge in [-0.2, -0.15) is 0 Å². The van der Waals surface area contributed by atoms with Crippen LogP contribution in [0.5, 0.6) is 0 Å². The van der Waals surface area contributed by atoms with Gasteiger partial charge in [0, 0.05) is 12.1 Å². The molecule has 2 nitrogen and oxygen atoms in total. The number of aryl methyl sites for hydroxylation is 1. The van der Waals surface area contributed by atoms with Gasteiger partial charge in [0.15, 0.2) is 0 Å². The molecule has 92 valence electrons. The molecule has 0 saturated heterocycles. The van der Waals surface area contributed by atoms with Crippen LogP contribution in [0.25, 0.3) is 0 Å². The fourth-order valence-electron chi connectivity index (χ4n) is 1.91. The first-order valence-electron chi connectivity index (χ1n) is 5.43. The lowest BCUT2D eigenvalue weighted by atomic mass is 10.0. The first-order chi connectivity index (χ1) is 8.08. The number of carbonyl (C=O) groups excluding carboxylic acids is 1. The molecule has 0 bridgehead atoms. The highest BCUT2D eigenvalue weighted by atomic mass is 35.5. The number of nitrogens with one attached hydrogen (secondary N) is 1. The molecule has 0 saturated carbocycles. The minimum absolute atomic E-state index is 0.0345. The smallest absolute Gasteiger partial charge is 0.258 e. The Morgan fingerprint density at radius 2 is 2.06 bits per heavy atom. The van der Waals surface area contributed by atoms with E-state index in [1.807, 2.05) is 0 Å². The van der Waals surface area contributed by atoms with Gasteiger partial charge in [-0.1, -0.05) is 12.1 Å². The number of alkyl halides is 3. The van der Waals surface area contributed by atoms with Gasteiger partial charge in [0.2, 0.25) is 5.91 Å². The van der Waals surface area contributed by atoms with E-state index in [9.17, 15) is 13.6 Å².